The molecule has 0 radical (unpaired) electrons. The van der Waals surface area contributed by atoms with Crippen LogP contribution in [0.5, 0.6) is 5.75 Å². The summed E-state index contributed by atoms with van der Waals surface area (Å²) in [5.41, 5.74) is 0. The Morgan fingerprint density at radius 3 is 2.72 bits per heavy atom. The molecule has 1 saturated carbocycles. The summed E-state index contributed by atoms with van der Waals surface area (Å²) in [6, 6.07) is 7.26. The van der Waals surface area contributed by atoms with Crippen molar-refractivity contribution >= 4 is 11.6 Å². The van der Waals surface area contributed by atoms with Crippen molar-refractivity contribution in [1.29, 1.82) is 0 Å². The molecule has 1 aliphatic rings. The molecule has 1 aliphatic carbocycles. The SMILES string of the molecule is CC1CCCC(C(O)COc2ccc(Cl)cc2)C1. The van der Waals surface area contributed by atoms with Crippen LogP contribution < -0.4 is 4.74 Å². The van der Waals surface area contributed by atoms with Gasteiger partial charge in [-0.2, -0.15) is 0 Å². The first-order valence-electron chi connectivity index (χ1n) is 6.71. The zero-order chi connectivity index (χ0) is 13.0. The summed E-state index contributed by atoms with van der Waals surface area (Å²) in [5.74, 6) is 1.89. The van der Waals surface area contributed by atoms with Gasteiger partial charge in [0, 0.05) is 5.02 Å². The van der Waals surface area contributed by atoms with Crippen LogP contribution in [0.3, 0.4) is 0 Å². The molecule has 0 saturated heterocycles. The molecule has 3 heteroatoms. The molecule has 1 aromatic carbocycles. The molecule has 1 fully saturated rings. The van der Waals surface area contributed by atoms with Crippen LogP contribution in [-0.2, 0) is 0 Å². The number of rotatable bonds is 4. The van der Waals surface area contributed by atoms with E-state index in [0.717, 1.165) is 24.5 Å². The summed E-state index contributed by atoms with van der Waals surface area (Å²) in [6.07, 6.45) is 4.40. The third-order valence-electron chi connectivity index (χ3n) is 3.76. The number of aliphatic hydroxyl groups excluding tert-OH is 1. The molecule has 0 heterocycles. The molecule has 1 N–H and O–H groups in total. The molecule has 0 amide bonds. The van der Waals surface area contributed by atoms with Gasteiger partial charge < -0.3 is 9.84 Å². The van der Waals surface area contributed by atoms with Crippen molar-refractivity contribution in [2.75, 3.05) is 6.61 Å². The van der Waals surface area contributed by atoms with E-state index in [-0.39, 0.29) is 6.10 Å². The number of halogens is 1. The monoisotopic (exact) mass is 268 g/mol. The number of aliphatic hydroxyl groups is 1. The Hall–Kier alpha value is -0.730. The van der Waals surface area contributed by atoms with Crippen LogP contribution in [0.1, 0.15) is 32.6 Å². The number of hydrogen-bond acceptors (Lipinski definition) is 2. The van der Waals surface area contributed by atoms with Gasteiger partial charge in [-0.25, -0.2) is 0 Å². The predicted molar refractivity (Wildman–Crippen MR) is 74.1 cm³/mol. The van der Waals surface area contributed by atoms with E-state index in [0.29, 0.717) is 17.5 Å². The van der Waals surface area contributed by atoms with Gasteiger partial charge in [-0.1, -0.05) is 31.4 Å². The largest absolute Gasteiger partial charge is 0.491 e. The first kappa shape index (κ1) is 13.7. The van der Waals surface area contributed by atoms with Gasteiger partial charge in [-0.05, 0) is 48.9 Å². The standard InChI is InChI=1S/C15H21ClO2/c1-11-3-2-4-12(9-11)15(17)10-18-14-7-5-13(16)6-8-14/h5-8,11-12,15,17H,2-4,9-10H2,1H3. The fourth-order valence-electron chi connectivity index (χ4n) is 2.68. The van der Waals surface area contributed by atoms with Gasteiger partial charge in [0.1, 0.15) is 12.4 Å². The van der Waals surface area contributed by atoms with E-state index in [9.17, 15) is 5.11 Å². The highest BCUT2D eigenvalue weighted by Crippen LogP contribution is 2.31. The molecule has 0 aromatic heterocycles. The average Bonchev–Trinajstić information content (AvgIpc) is 2.38. The molecule has 0 spiro atoms. The summed E-state index contributed by atoms with van der Waals surface area (Å²) < 4.78 is 5.60. The van der Waals surface area contributed by atoms with E-state index in [1.807, 2.05) is 12.1 Å². The van der Waals surface area contributed by atoms with Gasteiger partial charge in [0.2, 0.25) is 0 Å². The maximum absolute atomic E-state index is 10.2. The zero-order valence-electron chi connectivity index (χ0n) is 10.8. The van der Waals surface area contributed by atoms with E-state index in [1.165, 1.54) is 12.8 Å². The van der Waals surface area contributed by atoms with Gasteiger partial charge in [0.05, 0.1) is 6.10 Å². The summed E-state index contributed by atoms with van der Waals surface area (Å²) in [4.78, 5) is 0. The lowest BCUT2D eigenvalue weighted by molar-refractivity contribution is 0.0325. The maximum Gasteiger partial charge on any atom is 0.119 e. The first-order chi connectivity index (χ1) is 8.65. The third kappa shape index (κ3) is 3.89. The van der Waals surface area contributed by atoms with E-state index in [1.54, 1.807) is 12.1 Å². The zero-order valence-corrected chi connectivity index (χ0v) is 11.6. The van der Waals surface area contributed by atoms with Gasteiger partial charge in [-0.15, -0.1) is 0 Å². The number of ether oxygens (including phenoxy) is 1. The van der Waals surface area contributed by atoms with Gasteiger partial charge in [0.25, 0.3) is 0 Å². The minimum Gasteiger partial charge on any atom is -0.491 e. The van der Waals surface area contributed by atoms with Gasteiger partial charge >= 0.3 is 0 Å². The summed E-state index contributed by atoms with van der Waals surface area (Å²) in [7, 11) is 0. The Labute approximate surface area is 114 Å². The second-order valence-corrected chi connectivity index (χ2v) is 5.80. The number of hydrogen-bond donors (Lipinski definition) is 1. The number of benzene rings is 1. The quantitative estimate of drug-likeness (QED) is 0.897. The second kappa shape index (κ2) is 6.44. The highest BCUT2D eigenvalue weighted by Gasteiger charge is 2.25. The normalized spacial score (nSPS) is 25.7. The maximum atomic E-state index is 10.2. The topological polar surface area (TPSA) is 29.5 Å². The van der Waals surface area contributed by atoms with Gasteiger partial charge in [0.15, 0.2) is 0 Å². The Morgan fingerprint density at radius 2 is 2.06 bits per heavy atom. The lowest BCUT2D eigenvalue weighted by atomic mass is 9.80. The van der Waals surface area contributed by atoms with Crippen molar-refractivity contribution in [1.82, 2.24) is 0 Å². The molecule has 100 valence electrons. The van der Waals surface area contributed by atoms with Gasteiger partial charge in [-0.3, -0.25) is 0 Å². The molecule has 18 heavy (non-hydrogen) atoms. The molecule has 3 unspecified atom stereocenters. The minimum absolute atomic E-state index is 0.358. The highest BCUT2D eigenvalue weighted by molar-refractivity contribution is 6.30. The summed E-state index contributed by atoms with van der Waals surface area (Å²) in [6.45, 7) is 2.64. The lowest BCUT2D eigenvalue weighted by Gasteiger charge is -2.30. The van der Waals surface area contributed by atoms with Crippen molar-refractivity contribution in [3.63, 3.8) is 0 Å². The Balaban J connectivity index is 1.80. The predicted octanol–water partition coefficient (Wildman–Crippen LogP) is 3.91. The van der Waals surface area contributed by atoms with Crippen LogP contribution in [0.2, 0.25) is 5.02 Å². The van der Waals surface area contributed by atoms with Crippen LogP contribution in [-0.4, -0.2) is 17.8 Å². The molecular formula is C15H21ClO2. The second-order valence-electron chi connectivity index (χ2n) is 5.36. The van der Waals surface area contributed by atoms with Crippen molar-refractivity contribution in [2.45, 2.75) is 38.7 Å². The Morgan fingerprint density at radius 1 is 1.33 bits per heavy atom. The van der Waals surface area contributed by atoms with Crippen LogP contribution >= 0.6 is 11.6 Å². The van der Waals surface area contributed by atoms with Crippen molar-refractivity contribution in [3.05, 3.63) is 29.3 Å². The van der Waals surface area contributed by atoms with E-state index < -0.39 is 0 Å². The Bertz CT molecular complexity index is 363. The molecule has 1 aromatic rings. The third-order valence-corrected chi connectivity index (χ3v) is 4.01. The molecule has 2 nitrogen and oxygen atoms in total. The van der Waals surface area contributed by atoms with Crippen molar-refractivity contribution in [3.8, 4) is 5.75 Å². The van der Waals surface area contributed by atoms with E-state index in [4.69, 9.17) is 16.3 Å². The smallest absolute Gasteiger partial charge is 0.119 e. The highest BCUT2D eigenvalue weighted by atomic mass is 35.5. The van der Waals surface area contributed by atoms with Crippen LogP contribution in [0.25, 0.3) is 0 Å². The van der Waals surface area contributed by atoms with E-state index >= 15 is 0 Å². The molecule has 3 atom stereocenters. The summed E-state index contributed by atoms with van der Waals surface area (Å²) in [5, 5.41) is 10.9. The Kier molecular flexibility index (Phi) is 4.90. The lowest BCUT2D eigenvalue weighted by Crippen LogP contribution is -2.30. The molecule has 2 rings (SSSR count). The van der Waals surface area contributed by atoms with E-state index in [2.05, 4.69) is 6.92 Å². The van der Waals surface area contributed by atoms with Crippen LogP contribution in [0.15, 0.2) is 24.3 Å². The fourth-order valence-corrected chi connectivity index (χ4v) is 2.80. The minimum atomic E-state index is -0.358. The molecule has 0 aliphatic heterocycles. The average molecular weight is 269 g/mol. The first-order valence-corrected chi connectivity index (χ1v) is 7.09. The molecule has 0 bridgehead atoms. The van der Waals surface area contributed by atoms with Crippen LogP contribution in [0, 0.1) is 11.8 Å². The molecular weight excluding hydrogens is 248 g/mol. The van der Waals surface area contributed by atoms with Crippen molar-refractivity contribution in [2.24, 2.45) is 11.8 Å². The van der Waals surface area contributed by atoms with Crippen molar-refractivity contribution < 1.29 is 9.84 Å². The van der Waals surface area contributed by atoms with Crippen LogP contribution in [0.4, 0.5) is 0 Å². The summed E-state index contributed by atoms with van der Waals surface area (Å²) >= 11 is 5.81. The fraction of sp³-hybridized carbons (Fsp3) is 0.600.